The summed E-state index contributed by atoms with van der Waals surface area (Å²) in [5.41, 5.74) is 0.203. The Labute approximate surface area is 189 Å². The Morgan fingerprint density at radius 2 is 1.69 bits per heavy atom. The van der Waals surface area contributed by atoms with E-state index in [4.69, 9.17) is 4.74 Å². The van der Waals surface area contributed by atoms with Crippen LogP contribution < -0.4 is 5.32 Å². The van der Waals surface area contributed by atoms with E-state index in [1.165, 1.54) is 24.3 Å². The molecule has 0 radical (unpaired) electrons. The normalized spacial score (nSPS) is 16.8. The molecule has 1 aliphatic rings. The van der Waals surface area contributed by atoms with Crippen LogP contribution in [-0.2, 0) is 9.53 Å². The van der Waals surface area contributed by atoms with Gasteiger partial charge in [-0.2, -0.15) is 0 Å². The van der Waals surface area contributed by atoms with Crippen LogP contribution in [0.25, 0.3) is 4.91 Å². The van der Waals surface area contributed by atoms with Crippen molar-refractivity contribution >= 4 is 27.6 Å². The highest BCUT2D eigenvalue weighted by Gasteiger charge is 2.49. The SMILES string of the molecule is CC(C)(C)N1C(=O)C(NCCCOC(=O)c2ccc(O)cc2)=C(c2ccccc2)S1(O)O. The number of ether oxygens (including phenoxy) is 1. The van der Waals surface area contributed by atoms with Gasteiger partial charge in [-0.05, 0) is 51.5 Å². The standard InChI is InChI=1S/C23H28N2O6S/c1-23(2,3)25-21(27)19(20(32(25,29)30)16-8-5-4-6-9-16)24-14-7-15-31-22(28)17-10-12-18(26)13-11-17/h4-6,8-13,24,26,29-30H,7,14-15H2,1-3H3. The highest BCUT2D eigenvalue weighted by Crippen LogP contribution is 2.63. The molecule has 0 bridgehead atoms. The lowest BCUT2D eigenvalue weighted by Crippen LogP contribution is -2.45. The quantitative estimate of drug-likeness (QED) is 0.361. The summed E-state index contributed by atoms with van der Waals surface area (Å²) >= 11 is 0. The fraction of sp³-hybridized carbons (Fsp3) is 0.304. The second-order valence-electron chi connectivity index (χ2n) is 8.32. The Morgan fingerprint density at radius 1 is 1.06 bits per heavy atom. The van der Waals surface area contributed by atoms with Crippen molar-refractivity contribution in [3.05, 3.63) is 71.4 Å². The summed E-state index contributed by atoms with van der Waals surface area (Å²) in [6.07, 6.45) is 0.400. The summed E-state index contributed by atoms with van der Waals surface area (Å²) in [6, 6.07) is 14.5. The maximum Gasteiger partial charge on any atom is 0.338 e. The molecule has 0 atom stereocenters. The third-order valence-electron chi connectivity index (χ3n) is 4.76. The van der Waals surface area contributed by atoms with Gasteiger partial charge in [0.05, 0.1) is 17.7 Å². The Kier molecular flexibility index (Phi) is 6.82. The van der Waals surface area contributed by atoms with Crippen LogP contribution in [0.15, 0.2) is 60.3 Å². The molecule has 2 aromatic carbocycles. The van der Waals surface area contributed by atoms with Crippen molar-refractivity contribution < 1.29 is 28.5 Å². The molecule has 0 aliphatic carbocycles. The van der Waals surface area contributed by atoms with E-state index in [-0.39, 0.29) is 29.5 Å². The molecular weight excluding hydrogens is 432 g/mol. The highest BCUT2D eigenvalue weighted by molar-refractivity contribution is 8.31. The van der Waals surface area contributed by atoms with Crippen molar-refractivity contribution in [3.63, 3.8) is 0 Å². The Bertz CT molecular complexity index is 1010. The number of benzene rings is 2. The zero-order chi connectivity index (χ0) is 23.5. The van der Waals surface area contributed by atoms with Gasteiger partial charge >= 0.3 is 5.97 Å². The van der Waals surface area contributed by atoms with Crippen molar-refractivity contribution in [2.24, 2.45) is 0 Å². The Hall–Kier alpha value is -3.01. The second kappa shape index (κ2) is 9.23. The molecule has 0 saturated carbocycles. The van der Waals surface area contributed by atoms with Gasteiger partial charge in [-0.15, -0.1) is 0 Å². The molecule has 32 heavy (non-hydrogen) atoms. The van der Waals surface area contributed by atoms with Crippen LogP contribution in [0.3, 0.4) is 0 Å². The summed E-state index contributed by atoms with van der Waals surface area (Å²) in [4.78, 5) is 25.3. The molecule has 1 aliphatic heterocycles. The predicted molar refractivity (Wildman–Crippen MR) is 124 cm³/mol. The van der Waals surface area contributed by atoms with Gasteiger partial charge in [0, 0.05) is 12.1 Å². The number of nitrogens with one attached hydrogen (secondary N) is 1. The number of rotatable bonds is 7. The van der Waals surface area contributed by atoms with E-state index in [2.05, 4.69) is 5.32 Å². The van der Waals surface area contributed by atoms with Gasteiger partial charge in [0.2, 0.25) is 0 Å². The van der Waals surface area contributed by atoms with Crippen LogP contribution in [0.2, 0.25) is 0 Å². The molecule has 0 fully saturated rings. The maximum atomic E-state index is 13.1. The monoisotopic (exact) mass is 460 g/mol. The van der Waals surface area contributed by atoms with Crippen LogP contribution in [-0.4, -0.2) is 49.1 Å². The molecule has 9 heteroatoms. The van der Waals surface area contributed by atoms with E-state index in [9.17, 15) is 23.8 Å². The van der Waals surface area contributed by atoms with Gasteiger partial charge in [0.1, 0.15) is 16.4 Å². The van der Waals surface area contributed by atoms with Gasteiger partial charge in [0.15, 0.2) is 0 Å². The number of aromatic hydroxyl groups is 1. The number of phenolic OH excluding ortho intramolecular Hbond substituents is 1. The van der Waals surface area contributed by atoms with E-state index in [1.54, 1.807) is 45.0 Å². The number of hydrogen-bond acceptors (Lipinski definition) is 7. The van der Waals surface area contributed by atoms with Crippen molar-refractivity contribution in [1.82, 2.24) is 9.62 Å². The number of esters is 1. The number of amides is 1. The molecule has 0 aromatic heterocycles. The zero-order valence-corrected chi connectivity index (χ0v) is 19.1. The lowest BCUT2D eigenvalue weighted by atomic mass is 10.1. The first-order valence-corrected chi connectivity index (χ1v) is 11.7. The van der Waals surface area contributed by atoms with Gasteiger partial charge in [0.25, 0.3) is 5.91 Å². The van der Waals surface area contributed by atoms with Crippen LogP contribution in [0.5, 0.6) is 5.75 Å². The Morgan fingerprint density at radius 3 is 2.28 bits per heavy atom. The molecule has 1 heterocycles. The fourth-order valence-corrected chi connectivity index (χ4v) is 5.56. The van der Waals surface area contributed by atoms with Crippen LogP contribution >= 0.6 is 10.8 Å². The van der Waals surface area contributed by atoms with Gasteiger partial charge in [-0.1, -0.05) is 41.1 Å². The number of nitrogens with zero attached hydrogens (tertiary/aromatic N) is 1. The molecular formula is C23H28N2O6S. The zero-order valence-electron chi connectivity index (χ0n) is 18.2. The minimum absolute atomic E-state index is 0.0600. The van der Waals surface area contributed by atoms with Crippen LogP contribution in [0.1, 0.15) is 43.1 Å². The number of carbonyl (C=O) groups excluding carboxylic acids is 2. The Balaban J connectivity index is 1.70. The minimum atomic E-state index is -3.54. The summed E-state index contributed by atoms with van der Waals surface area (Å²) in [6.45, 7) is 5.62. The average Bonchev–Trinajstić information content (AvgIpc) is 2.93. The number of hydrogen-bond donors (Lipinski definition) is 4. The number of carbonyl (C=O) groups is 2. The van der Waals surface area contributed by atoms with Gasteiger partial charge in [-0.25, -0.2) is 9.10 Å². The second-order valence-corrected chi connectivity index (χ2v) is 10.1. The highest BCUT2D eigenvalue weighted by atomic mass is 32.3. The molecule has 3 rings (SSSR count). The maximum absolute atomic E-state index is 13.1. The molecule has 172 valence electrons. The first-order valence-electron chi connectivity index (χ1n) is 10.2. The first kappa shape index (κ1) is 23.6. The number of phenols is 1. The largest absolute Gasteiger partial charge is 0.508 e. The molecule has 0 saturated heterocycles. The minimum Gasteiger partial charge on any atom is -0.508 e. The van der Waals surface area contributed by atoms with Crippen molar-refractivity contribution in [3.8, 4) is 5.75 Å². The van der Waals surface area contributed by atoms with Gasteiger partial charge < -0.3 is 15.2 Å². The molecule has 8 nitrogen and oxygen atoms in total. The predicted octanol–water partition coefficient (Wildman–Crippen LogP) is 4.20. The van der Waals surface area contributed by atoms with Crippen molar-refractivity contribution in [2.45, 2.75) is 32.7 Å². The summed E-state index contributed by atoms with van der Waals surface area (Å²) in [7, 11) is -3.54. The molecule has 0 spiro atoms. The van der Waals surface area contributed by atoms with E-state index in [1.807, 2.05) is 6.07 Å². The topological polar surface area (TPSA) is 119 Å². The molecule has 1 amide bonds. The third kappa shape index (κ3) is 4.90. The fourth-order valence-electron chi connectivity index (χ4n) is 3.41. The van der Waals surface area contributed by atoms with E-state index >= 15 is 0 Å². The van der Waals surface area contributed by atoms with E-state index < -0.39 is 28.2 Å². The molecule has 2 aromatic rings. The first-order chi connectivity index (χ1) is 15.0. The van der Waals surface area contributed by atoms with Crippen molar-refractivity contribution in [2.75, 3.05) is 13.2 Å². The lowest BCUT2D eigenvalue weighted by molar-refractivity contribution is -0.125. The summed E-state index contributed by atoms with van der Waals surface area (Å²) < 4.78 is 28.4. The average molecular weight is 461 g/mol. The smallest absolute Gasteiger partial charge is 0.338 e. The summed E-state index contributed by atoms with van der Waals surface area (Å²) in [5.74, 6) is -0.943. The van der Waals surface area contributed by atoms with Crippen molar-refractivity contribution in [1.29, 1.82) is 0 Å². The van der Waals surface area contributed by atoms with E-state index in [0.717, 1.165) is 4.31 Å². The molecule has 0 unspecified atom stereocenters. The van der Waals surface area contributed by atoms with Crippen LogP contribution in [0.4, 0.5) is 0 Å². The third-order valence-corrected chi connectivity index (χ3v) is 6.97. The summed E-state index contributed by atoms with van der Waals surface area (Å²) in [5, 5.41) is 12.3. The van der Waals surface area contributed by atoms with Crippen LogP contribution in [0, 0.1) is 0 Å². The lowest BCUT2D eigenvalue weighted by Gasteiger charge is -2.45. The molecule has 4 N–H and O–H groups in total. The van der Waals surface area contributed by atoms with E-state index in [0.29, 0.717) is 17.5 Å². The van der Waals surface area contributed by atoms with Gasteiger partial charge in [-0.3, -0.25) is 13.9 Å².